The van der Waals surface area contributed by atoms with Crippen LogP contribution in [0, 0.1) is 18.3 Å². The summed E-state index contributed by atoms with van der Waals surface area (Å²) in [4.78, 5) is 0. The molecule has 0 fully saturated rings. The summed E-state index contributed by atoms with van der Waals surface area (Å²) in [6.45, 7) is 3.88. The van der Waals surface area contributed by atoms with E-state index >= 15 is 0 Å². The molecule has 0 aromatic heterocycles. The maximum atomic E-state index is 8.76. The van der Waals surface area contributed by atoms with Crippen molar-refractivity contribution in [3.8, 4) is 6.07 Å². The van der Waals surface area contributed by atoms with E-state index in [0.29, 0.717) is 0 Å². The average molecular weight is 234 g/mol. The van der Waals surface area contributed by atoms with E-state index < -0.39 is 5.54 Å². The Morgan fingerprint density at radius 1 is 1.50 bits per heavy atom. The summed E-state index contributed by atoms with van der Waals surface area (Å²) in [5.74, 6) is 1.91. The van der Waals surface area contributed by atoms with E-state index in [1.807, 2.05) is 11.8 Å². The third-order valence-corrected chi connectivity index (χ3v) is 3.40. The minimum absolute atomic E-state index is 0.681. The SMILES string of the molecule is Cc1cccc(CSCCC(C)(N)C#N)c1. The molecule has 1 aromatic carbocycles. The van der Waals surface area contributed by atoms with Gasteiger partial charge in [0, 0.05) is 5.75 Å². The zero-order chi connectivity index (χ0) is 12.0. The molecule has 2 nitrogen and oxygen atoms in total. The predicted octanol–water partition coefficient (Wildman–Crippen LogP) is 2.86. The number of nitrogens with two attached hydrogens (primary N) is 1. The van der Waals surface area contributed by atoms with Crippen molar-refractivity contribution in [3.63, 3.8) is 0 Å². The third-order valence-electron chi connectivity index (χ3n) is 2.37. The molecule has 0 aliphatic carbocycles. The molecular formula is C13H18N2S. The van der Waals surface area contributed by atoms with Crippen LogP contribution in [0.3, 0.4) is 0 Å². The second-order valence-electron chi connectivity index (χ2n) is 4.32. The van der Waals surface area contributed by atoms with Crippen LogP contribution < -0.4 is 5.73 Å². The van der Waals surface area contributed by atoms with Gasteiger partial charge >= 0.3 is 0 Å². The Balaban J connectivity index is 2.29. The van der Waals surface area contributed by atoms with Crippen LogP contribution >= 0.6 is 11.8 Å². The smallest absolute Gasteiger partial charge is 0.102 e. The summed E-state index contributed by atoms with van der Waals surface area (Å²) >= 11 is 1.83. The molecule has 0 bridgehead atoms. The molecule has 3 heteroatoms. The van der Waals surface area contributed by atoms with Gasteiger partial charge in [-0.15, -0.1) is 0 Å². The summed E-state index contributed by atoms with van der Waals surface area (Å²) in [6.07, 6.45) is 0.736. The highest BCUT2D eigenvalue weighted by Gasteiger charge is 2.15. The maximum Gasteiger partial charge on any atom is 0.102 e. The number of hydrogen-bond acceptors (Lipinski definition) is 3. The highest BCUT2D eigenvalue weighted by Crippen LogP contribution is 2.16. The molecule has 1 unspecified atom stereocenters. The Morgan fingerprint density at radius 2 is 2.25 bits per heavy atom. The van der Waals surface area contributed by atoms with E-state index in [1.165, 1.54) is 11.1 Å². The van der Waals surface area contributed by atoms with E-state index in [2.05, 4.69) is 37.3 Å². The number of nitrogens with zero attached hydrogens (tertiary/aromatic N) is 1. The van der Waals surface area contributed by atoms with Crippen molar-refractivity contribution in [1.29, 1.82) is 5.26 Å². The van der Waals surface area contributed by atoms with Gasteiger partial charge in [-0.25, -0.2) is 0 Å². The zero-order valence-corrected chi connectivity index (χ0v) is 10.7. The molecule has 0 radical (unpaired) electrons. The summed E-state index contributed by atoms with van der Waals surface area (Å²) in [5, 5.41) is 8.76. The van der Waals surface area contributed by atoms with Crippen LogP contribution in [0.4, 0.5) is 0 Å². The molecule has 0 aliphatic rings. The fourth-order valence-electron chi connectivity index (χ4n) is 1.33. The molecule has 0 saturated carbocycles. The second kappa shape index (κ2) is 5.93. The van der Waals surface area contributed by atoms with Crippen molar-refractivity contribution in [2.24, 2.45) is 5.73 Å². The molecule has 86 valence electrons. The largest absolute Gasteiger partial charge is 0.314 e. The lowest BCUT2D eigenvalue weighted by molar-refractivity contribution is 0.583. The molecule has 0 saturated heterocycles. The second-order valence-corrected chi connectivity index (χ2v) is 5.43. The van der Waals surface area contributed by atoms with E-state index in [-0.39, 0.29) is 0 Å². The van der Waals surface area contributed by atoms with Crippen LogP contribution in [0.25, 0.3) is 0 Å². The lowest BCUT2D eigenvalue weighted by Gasteiger charge is -2.14. The van der Waals surface area contributed by atoms with Crippen LogP contribution in [-0.4, -0.2) is 11.3 Å². The number of rotatable bonds is 5. The summed E-state index contributed by atoms with van der Waals surface area (Å²) in [5.41, 5.74) is 7.69. The molecule has 0 aliphatic heterocycles. The summed E-state index contributed by atoms with van der Waals surface area (Å²) in [6, 6.07) is 10.6. The molecule has 16 heavy (non-hydrogen) atoms. The number of hydrogen-bond donors (Lipinski definition) is 1. The summed E-state index contributed by atoms with van der Waals surface area (Å²) in [7, 11) is 0. The Hall–Kier alpha value is -0.980. The Bertz CT molecular complexity index is 380. The number of nitriles is 1. The lowest BCUT2D eigenvalue weighted by atomic mass is 10.0. The first-order valence-corrected chi connectivity index (χ1v) is 6.52. The standard InChI is InChI=1S/C13H18N2S/c1-11-4-3-5-12(8-11)9-16-7-6-13(2,15)10-14/h3-5,8H,6-7,9,15H2,1-2H3. The van der Waals surface area contributed by atoms with E-state index in [1.54, 1.807) is 6.92 Å². The first-order chi connectivity index (χ1) is 7.53. The topological polar surface area (TPSA) is 49.8 Å². The monoisotopic (exact) mass is 234 g/mol. The highest BCUT2D eigenvalue weighted by molar-refractivity contribution is 7.98. The minimum atomic E-state index is -0.681. The lowest BCUT2D eigenvalue weighted by Crippen LogP contribution is -2.34. The first-order valence-electron chi connectivity index (χ1n) is 5.37. The van der Waals surface area contributed by atoms with Crippen molar-refractivity contribution < 1.29 is 0 Å². The van der Waals surface area contributed by atoms with Gasteiger partial charge in [0.05, 0.1) is 6.07 Å². The number of benzene rings is 1. The predicted molar refractivity (Wildman–Crippen MR) is 70.2 cm³/mol. The van der Waals surface area contributed by atoms with Gasteiger partial charge in [-0.1, -0.05) is 29.8 Å². The van der Waals surface area contributed by atoms with E-state index in [0.717, 1.165) is 17.9 Å². The van der Waals surface area contributed by atoms with E-state index in [9.17, 15) is 0 Å². The molecule has 0 heterocycles. The van der Waals surface area contributed by atoms with Crippen molar-refractivity contribution in [2.75, 3.05) is 5.75 Å². The Kier molecular flexibility index (Phi) is 4.85. The summed E-state index contributed by atoms with van der Waals surface area (Å²) < 4.78 is 0. The van der Waals surface area contributed by atoms with Crippen molar-refractivity contribution in [2.45, 2.75) is 31.6 Å². The first kappa shape index (κ1) is 13.1. The van der Waals surface area contributed by atoms with Crippen LogP contribution in [0.5, 0.6) is 0 Å². The van der Waals surface area contributed by atoms with Crippen LogP contribution in [0.2, 0.25) is 0 Å². The van der Waals surface area contributed by atoms with Crippen molar-refractivity contribution in [1.82, 2.24) is 0 Å². The average Bonchev–Trinajstić information content (AvgIpc) is 2.25. The molecular weight excluding hydrogens is 216 g/mol. The minimum Gasteiger partial charge on any atom is -0.314 e. The third kappa shape index (κ3) is 4.69. The molecule has 0 amide bonds. The maximum absolute atomic E-state index is 8.76. The Morgan fingerprint density at radius 3 is 2.88 bits per heavy atom. The Labute approximate surface area is 102 Å². The number of aryl methyl sites for hydroxylation is 1. The van der Waals surface area contributed by atoms with Gasteiger partial charge in [-0.2, -0.15) is 17.0 Å². The fourth-order valence-corrected chi connectivity index (χ4v) is 2.46. The van der Waals surface area contributed by atoms with Crippen LogP contribution in [-0.2, 0) is 5.75 Å². The van der Waals surface area contributed by atoms with Gasteiger partial charge in [0.1, 0.15) is 5.54 Å². The fraction of sp³-hybridized carbons (Fsp3) is 0.462. The van der Waals surface area contributed by atoms with Crippen LogP contribution in [0.15, 0.2) is 24.3 Å². The van der Waals surface area contributed by atoms with Crippen LogP contribution in [0.1, 0.15) is 24.5 Å². The van der Waals surface area contributed by atoms with Gasteiger partial charge in [0.25, 0.3) is 0 Å². The van der Waals surface area contributed by atoms with Gasteiger partial charge in [0.2, 0.25) is 0 Å². The van der Waals surface area contributed by atoms with Gasteiger partial charge < -0.3 is 5.73 Å². The highest BCUT2D eigenvalue weighted by atomic mass is 32.2. The molecule has 1 rings (SSSR count). The molecule has 1 aromatic rings. The van der Waals surface area contributed by atoms with Gasteiger partial charge in [0.15, 0.2) is 0 Å². The van der Waals surface area contributed by atoms with Crippen molar-refractivity contribution >= 4 is 11.8 Å². The molecule has 2 N–H and O–H groups in total. The van der Waals surface area contributed by atoms with E-state index in [4.69, 9.17) is 11.0 Å². The van der Waals surface area contributed by atoms with Crippen molar-refractivity contribution in [3.05, 3.63) is 35.4 Å². The molecule has 1 atom stereocenters. The van der Waals surface area contributed by atoms with Gasteiger partial charge in [-0.3, -0.25) is 0 Å². The zero-order valence-electron chi connectivity index (χ0n) is 9.86. The normalized spacial score (nSPS) is 14.1. The quantitative estimate of drug-likeness (QED) is 0.797. The van der Waals surface area contributed by atoms with Gasteiger partial charge in [-0.05, 0) is 31.6 Å². The number of thioether (sulfide) groups is 1. The molecule has 0 spiro atoms.